The fourth-order valence-electron chi connectivity index (χ4n) is 1.99. The first-order chi connectivity index (χ1) is 9.38. The van der Waals surface area contributed by atoms with Crippen molar-refractivity contribution in [2.45, 2.75) is 6.54 Å². The second-order valence-corrected chi connectivity index (χ2v) is 4.57. The molecule has 106 valence electrons. The summed E-state index contributed by atoms with van der Waals surface area (Å²) in [5, 5.41) is 12.9. The van der Waals surface area contributed by atoms with Crippen LogP contribution in [-0.4, -0.2) is 27.9 Å². The molecule has 0 aliphatic heterocycles. The number of aromatic carboxylic acids is 1. The third-order valence-electron chi connectivity index (χ3n) is 2.94. The van der Waals surface area contributed by atoms with Crippen molar-refractivity contribution in [1.82, 2.24) is 9.78 Å². The summed E-state index contributed by atoms with van der Waals surface area (Å²) in [6.45, 7) is 0.490. The van der Waals surface area contributed by atoms with Crippen LogP contribution in [0.3, 0.4) is 0 Å². The number of nitrogens with two attached hydrogens (primary N) is 1. The molecule has 0 amide bonds. The number of rotatable bonds is 4. The summed E-state index contributed by atoms with van der Waals surface area (Å²) in [5.41, 5.74) is 6.97. The van der Waals surface area contributed by atoms with E-state index in [9.17, 15) is 9.18 Å². The molecule has 0 saturated carbocycles. The van der Waals surface area contributed by atoms with E-state index >= 15 is 0 Å². The molecule has 3 N–H and O–H groups in total. The number of nitrogen functional groups attached to an aromatic ring is 1. The molecule has 0 aliphatic carbocycles. The van der Waals surface area contributed by atoms with Crippen LogP contribution in [0.4, 0.5) is 15.8 Å². The highest BCUT2D eigenvalue weighted by atomic mass is 19.1. The summed E-state index contributed by atoms with van der Waals surface area (Å²) in [6, 6.07) is 2.27. The maximum atomic E-state index is 13.7. The smallest absolute Gasteiger partial charge is 0.338 e. The van der Waals surface area contributed by atoms with Crippen molar-refractivity contribution in [3.05, 3.63) is 41.5 Å². The van der Waals surface area contributed by atoms with Gasteiger partial charge in [0.25, 0.3) is 0 Å². The van der Waals surface area contributed by atoms with Crippen LogP contribution in [0.2, 0.25) is 0 Å². The zero-order valence-electron chi connectivity index (χ0n) is 11.2. The van der Waals surface area contributed by atoms with Crippen LogP contribution < -0.4 is 10.6 Å². The molecule has 1 heterocycles. The second kappa shape index (κ2) is 5.20. The lowest BCUT2D eigenvalue weighted by molar-refractivity contribution is 0.0692. The van der Waals surface area contributed by atoms with Crippen molar-refractivity contribution in [2.75, 3.05) is 17.7 Å². The van der Waals surface area contributed by atoms with Gasteiger partial charge in [0, 0.05) is 38.5 Å². The molecule has 0 aliphatic rings. The number of hydrogen-bond acceptors (Lipinski definition) is 4. The minimum Gasteiger partial charge on any atom is -0.478 e. The highest BCUT2D eigenvalue weighted by Crippen LogP contribution is 2.27. The molecule has 0 spiro atoms. The lowest BCUT2D eigenvalue weighted by atomic mass is 10.1. The summed E-state index contributed by atoms with van der Waals surface area (Å²) in [7, 11) is 3.55. The second-order valence-electron chi connectivity index (χ2n) is 4.57. The molecule has 0 atom stereocenters. The van der Waals surface area contributed by atoms with Gasteiger partial charge in [0.1, 0.15) is 5.82 Å². The summed E-state index contributed by atoms with van der Waals surface area (Å²) >= 11 is 0. The quantitative estimate of drug-likeness (QED) is 0.827. The number of carboxylic acid groups (broad SMARTS) is 1. The Bertz CT molecular complexity index is 654. The van der Waals surface area contributed by atoms with Crippen molar-refractivity contribution in [3.63, 3.8) is 0 Å². The van der Waals surface area contributed by atoms with E-state index in [1.807, 2.05) is 6.20 Å². The molecule has 0 saturated heterocycles. The van der Waals surface area contributed by atoms with Gasteiger partial charge < -0.3 is 15.7 Å². The Morgan fingerprint density at radius 2 is 2.25 bits per heavy atom. The first-order valence-corrected chi connectivity index (χ1v) is 5.89. The van der Waals surface area contributed by atoms with Crippen molar-refractivity contribution in [3.8, 4) is 0 Å². The topological polar surface area (TPSA) is 84.4 Å². The van der Waals surface area contributed by atoms with E-state index in [0.29, 0.717) is 12.2 Å². The van der Waals surface area contributed by atoms with Crippen LogP contribution in [0.5, 0.6) is 0 Å². The molecule has 6 nitrogen and oxygen atoms in total. The number of halogens is 1. The van der Waals surface area contributed by atoms with Crippen LogP contribution >= 0.6 is 0 Å². The van der Waals surface area contributed by atoms with Gasteiger partial charge in [-0.1, -0.05) is 0 Å². The van der Waals surface area contributed by atoms with Crippen molar-refractivity contribution < 1.29 is 14.3 Å². The Hall–Kier alpha value is -2.57. The van der Waals surface area contributed by atoms with E-state index in [1.54, 1.807) is 29.9 Å². The van der Waals surface area contributed by atoms with E-state index in [2.05, 4.69) is 5.10 Å². The lowest BCUT2D eigenvalue weighted by Crippen LogP contribution is -2.18. The SMILES string of the molecule is CN(Cc1cnn(C)c1)c1cc(F)c(C(=O)O)cc1N. The van der Waals surface area contributed by atoms with E-state index in [0.717, 1.165) is 17.7 Å². The maximum absolute atomic E-state index is 13.7. The average Bonchev–Trinajstić information content (AvgIpc) is 2.76. The van der Waals surface area contributed by atoms with Gasteiger partial charge in [0.15, 0.2) is 0 Å². The maximum Gasteiger partial charge on any atom is 0.338 e. The van der Waals surface area contributed by atoms with Gasteiger partial charge in [-0.05, 0) is 6.07 Å². The number of benzene rings is 1. The van der Waals surface area contributed by atoms with Gasteiger partial charge in [0.05, 0.1) is 23.1 Å². The van der Waals surface area contributed by atoms with Crippen LogP contribution in [0.1, 0.15) is 15.9 Å². The Kier molecular flexibility index (Phi) is 3.60. The van der Waals surface area contributed by atoms with E-state index < -0.39 is 17.3 Å². The highest BCUT2D eigenvalue weighted by molar-refractivity contribution is 5.90. The number of carboxylic acids is 1. The minimum absolute atomic E-state index is 0.218. The zero-order valence-corrected chi connectivity index (χ0v) is 11.2. The molecule has 2 aromatic rings. The molecule has 0 radical (unpaired) electrons. The van der Waals surface area contributed by atoms with E-state index in [4.69, 9.17) is 10.8 Å². The third-order valence-corrected chi connectivity index (χ3v) is 2.94. The lowest BCUT2D eigenvalue weighted by Gasteiger charge is -2.21. The predicted octanol–water partition coefficient (Wildman–Crippen LogP) is 1.48. The Balaban J connectivity index is 2.28. The fourth-order valence-corrected chi connectivity index (χ4v) is 1.99. The summed E-state index contributed by atoms with van der Waals surface area (Å²) < 4.78 is 15.4. The van der Waals surface area contributed by atoms with E-state index in [1.165, 1.54) is 0 Å². The van der Waals surface area contributed by atoms with Crippen LogP contribution in [0.25, 0.3) is 0 Å². The highest BCUT2D eigenvalue weighted by Gasteiger charge is 2.16. The van der Waals surface area contributed by atoms with Gasteiger partial charge in [-0.2, -0.15) is 5.10 Å². The standard InChI is InChI=1S/C13H15FN4O2/c1-17(6-8-5-16-18(2)7-8)12-4-10(14)9(13(19)20)3-11(12)15/h3-5,7H,6,15H2,1-2H3,(H,19,20). The molecule has 7 heteroatoms. The number of nitrogens with zero attached hydrogens (tertiary/aromatic N) is 3. The third kappa shape index (κ3) is 2.71. The van der Waals surface area contributed by atoms with Gasteiger partial charge in [-0.25, -0.2) is 9.18 Å². The zero-order chi connectivity index (χ0) is 14.9. The molecule has 0 unspecified atom stereocenters. The Morgan fingerprint density at radius 1 is 1.55 bits per heavy atom. The Morgan fingerprint density at radius 3 is 2.80 bits per heavy atom. The first-order valence-electron chi connectivity index (χ1n) is 5.89. The van der Waals surface area contributed by atoms with Crippen LogP contribution in [0, 0.1) is 5.82 Å². The number of aryl methyl sites for hydroxylation is 1. The number of hydrogen-bond donors (Lipinski definition) is 2. The number of aromatic nitrogens is 2. The summed E-state index contributed by atoms with van der Waals surface area (Å²) in [6.07, 6.45) is 3.54. The molecular weight excluding hydrogens is 263 g/mol. The molecule has 0 fully saturated rings. The normalized spacial score (nSPS) is 10.6. The van der Waals surface area contributed by atoms with E-state index in [-0.39, 0.29) is 5.69 Å². The predicted molar refractivity (Wildman–Crippen MR) is 73.1 cm³/mol. The van der Waals surface area contributed by atoms with Crippen molar-refractivity contribution in [1.29, 1.82) is 0 Å². The molecule has 0 bridgehead atoms. The van der Waals surface area contributed by atoms with Crippen molar-refractivity contribution >= 4 is 17.3 Å². The monoisotopic (exact) mass is 278 g/mol. The minimum atomic E-state index is -1.34. The van der Waals surface area contributed by atoms with Gasteiger partial charge in [-0.3, -0.25) is 4.68 Å². The largest absolute Gasteiger partial charge is 0.478 e. The molecule has 20 heavy (non-hydrogen) atoms. The number of anilines is 2. The van der Waals surface area contributed by atoms with Crippen LogP contribution in [0.15, 0.2) is 24.5 Å². The summed E-state index contributed by atoms with van der Waals surface area (Å²) in [5.74, 6) is -2.14. The average molecular weight is 278 g/mol. The molecular formula is C13H15FN4O2. The summed E-state index contributed by atoms with van der Waals surface area (Å²) in [4.78, 5) is 12.6. The van der Waals surface area contributed by atoms with Crippen LogP contribution in [-0.2, 0) is 13.6 Å². The number of carbonyl (C=O) groups is 1. The molecule has 1 aromatic carbocycles. The van der Waals surface area contributed by atoms with Gasteiger partial charge in [-0.15, -0.1) is 0 Å². The molecule has 1 aromatic heterocycles. The molecule has 2 rings (SSSR count). The van der Waals surface area contributed by atoms with Gasteiger partial charge in [0.2, 0.25) is 0 Å². The first kappa shape index (κ1) is 13.9. The Labute approximate surface area is 115 Å². The van der Waals surface area contributed by atoms with Crippen molar-refractivity contribution in [2.24, 2.45) is 7.05 Å². The fraction of sp³-hybridized carbons (Fsp3) is 0.231. The van der Waals surface area contributed by atoms with Gasteiger partial charge >= 0.3 is 5.97 Å².